The van der Waals surface area contributed by atoms with E-state index in [-0.39, 0.29) is 48.4 Å². The molecule has 6 nitrogen and oxygen atoms in total. The van der Waals surface area contributed by atoms with E-state index in [0.717, 1.165) is 19.5 Å². The molecule has 3 aliphatic rings. The molecule has 2 saturated heterocycles. The Kier molecular flexibility index (Phi) is 4.29. The predicted octanol–water partition coefficient (Wildman–Crippen LogP) is 1.69. The molecule has 0 bridgehead atoms. The Bertz CT molecular complexity index is 836. The van der Waals surface area contributed by atoms with E-state index in [1.54, 1.807) is 12.1 Å². The summed E-state index contributed by atoms with van der Waals surface area (Å²) in [4.78, 5) is 37.7. The summed E-state index contributed by atoms with van der Waals surface area (Å²) in [5.41, 5.74) is 1.27. The first-order valence-electron chi connectivity index (χ1n) is 9.46. The molecule has 1 aromatic carbocycles. The third kappa shape index (κ3) is 2.94. The summed E-state index contributed by atoms with van der Waals surface area (Å²) in [5.74, 6) is -1.40. The highest BCUT2D eigenvalue weighted by Gasteiger charge is 2.42. The zero-order valence-electron chi connectivity index (χ0n) is 15.6. The number of halogens is 1. The number of piperidine rings is 2. The van der Waals surface area contributed by atoms with Crippen LogP contribution < -0.4 is 10.6 Å². The van der Waals surface area contributed by atoms with E-state index < -0.39 is 11.9 Å². The largest absolute Gasteiger partial charge is 0.322 e. The molecule has 0 radical (unpaired) electrons. The molecular weight excluding hydrogens is 349 g/mol. The van der Waals surface area contributed by atoms with Gasteiger partial charge in [-0.2, -0.15) is 0 Å². The lowest BCUT2D eigenvalue weighted by Crippen LogP contribution is -2.52. The summed E-state index contributed by atoms with van der Waals surface area (Å²) in [6, 6.07) is 2.71. The summed E-state index contributed by atoms with van der Waals surface area (Å²) in [6.45, 7) is 5.97. The minimum absolute atomic E-state index is 0.0730. The smallest absolute Gasteiger partial charge is 0.255 e. The lowest BCUT2D eigenvalue weighted by atomic mass is 9.70. The Labute approximate surface area is 157 Å². The average Bonchev–Trinajstić information content (AvgIpc) is 2.93. The van der Waals surface area contributed by atoms with Crippen LogP contribution >= 0.6 is 0 Å². The molecule has 0 aliphatic carbocycles. The lowest BCUT2D eigenvalue weighted by molar-refractivity contribution is -0.136. The molecule has 2 N–H and O–H groups in total. The van der Waals surface area contributed by atoms with Crippen LogP contribution in [0.2, 0.25) is 0 Å². The molecule has 3 amide bonds. The molecule has 0 spiro atoms. The topological polar surface area (TPSA) is 78.5 Å². The van der Waals surface area contributed by atoms with E-state index >= 15 is 4.39 Å². The van der Waals surface area contributed by atoms with E-state index in [4.69, 9.17) is 0 Å². The van der Waals surface area contributed by atoms with Gasteiger partial charge in [0.25, 0.3) is 5.91 Å². The van der Waals surface area contributed by atoms with Gasteiger partial charge >= 0.3 is 0 Å². The maximum atomic E-state index is 15.4. The number of nitrogens with zero attached hydrogens (tertiary/aromatic N) is 1. The zero-order valence-corrected chi connectivity index (χ0v) is 15.6. The number of nitrogens with one attached hydrogen (secondary N) is 2. The standard InChI is InChI=1S/C20H24FN3O3/c1-20(2)10-22-8-7-14(20)12-4-3-11-13(17(12)21)9-24(19(11)27)15-5-6-16(25)23-18(15)26/h3-4,14-15,22H,5-10H2,1-2H3,(H,23,25,26). The van der Waals surface area contributed by atoms with Crippen LogP contribution in [0.1, 0.15) is 60.5 Å². The average molecular weight is 373 g/mol. The van der Waals surface area contributed by atoms with Crippen LogP contribution in [0.3, 0.4) is 0 Å². The lowest BCUT2D eigenvalue weighted by Gasteiger charge is -2.39. The van der Waals surface area contributed by atoms with Crippen LogP contribution in [0.15, 0.2) is 12.1 Å². The van der Waals surface area contributed by atoms with E-state index in [1.807, 2.05) is 0 Å². The van der Waals surface area contributed by atoms with E-state index in [1.165, 1.54) is 4.90 Å². The van der Waals surface area contributed by atoms with Crippen LogP contribution in [0.25, 0.3) is 0 Å². The summed E-state index contributed by atoms with van der Waals surface area (Å²) in [6.07, 6.45) is 1.31. The summed E-state index contributed by atoms with van der Waals surface area (Å²) >= 11 is 0. The van der Waals surface area contributed by atoms with E-state index in [9.17, 15) is 14.4 Å². The van der Waals surface area contributed by atoms with E-state index in [0.29, 0.717) is 16.7 Å². The summed E-state index contributed by atoms with van der Waals surface area (Å²) in [5, 5.41) is 5.62. The van der Waals surface area contributed by atoms with Crippen molar-refractivity contribution in [2.75, 3.05) is 13.1 Å². The van der Waals surface area contributed by atoms with Gasteiger partial charge in [-0.05, 0) is 42.3 Å². The molecule has 2 unspecified atom stereocenters. The molecule has 0 saturated carbocycles. The maximum Gasteiger partial charge on any atom is 0.255 e. The zero-order chi connectivity index (χ0) is 19.3. The van der Waals surface area contributed by atoms with Gasteiger partial charge < -0.3 is 10.2 Å². The summed E-state index contributed by atoms with van der Waals surface area (Å²) in [7, 11) is 0. The molecule has 3 heterocycles. The number of imide groups is 1. The minimum Gasteiger partial charge on any atom is -0.322 e. The van der Waals surface area contributed by atoms with Gasteiger partial charge in [-0.1, -0.05) is 19.9 Å². The fourth-order valence-electron chi connectivity index (χ4n) is 4.64. The van der Waals surface area contributed by atoms with Gasteiger partial charge in [0, 0.05) is 24.1 Å². The second-order valence-corrected chi connectivity index (χ2v) is 8.40. The number of amides is 3. The third-order valence-electron chi connectivity index (χ3n) is 6.19. The minimum atomic E-state index is -0.722. The van der Waals surface area contributed by atoms with Crippen LogP contribution in [0.5, 0.6) is 0 Å². The number of carbonyl (C=O) groups is 3. The quantitative estimate of drug-likeness (QED) is 0.774. The maximum absolute atomic E-state index is 15.4. The molecule has 4 rings (SSSR count). The highest BCUT2D eigenvalue weighted by atomic mass is 19.1. The fourth-order valence-corrected chi connectivity index (χ4v) is 4.64. The normalized spacial score (nSPS) is 27.5. The van der Waals surface area contributed by atoms with Gasteiger partial charge in [-0.3, -0.25) is 19.7 Å². The Balaban J connectivity index is 1.65. The van der Waals surface area contributed by atoms with Crippen LogP contribution in [0, 0.1) is 11.2 Å². The fraction of sp³-hybridized carbons (Fsp3) is 0.550. The third-order valence-corrected chi connectivity index (χ3v) is 6.19. The van der Waals surface area contributed by atoms with Crippen molar-refractivity contribution in [2.45, 2.75) is 51.6 Å². The van der Waals surface area contributed by atoms with Crippen molar-refractivity contribution in [2.24, 2.45) is 5.41 Å². The van der Waals surface area contributed by atoms with Gasteiger partial charge in [0.1, 0.15) is 11.9 Å². The number of hydrogen-bond acceptors (Lipinski definition) is 4. The molecule has 1 aromatic rings. The Hall–Kier alpha value is -2.28. The van der Waals surface area contributed by atoms with Crippen molar-refractivity contribution in [3.63, 3.8) is 0 Å². The van der Waals surface area contributed by atoms with Crippen LogP contribution in [-0.4, -0.2) is 41.8 Å². The Morgan fingerprint density at radius 2 is 1.96 bits per heavy atom. The van der Waals surface area contributed by atoms with E-state index in [2.05, 4.69) is 24.5 Å². The van der Waals surface area contributed by atoms with Crippen molar-refractivity contribution in [3.8, 4) is 0 Å². The first-order chi connectivity index (χ1) is 12.8. The van der Waals surface area contributed by atoms with Gasteiger partial charge in [0.2, 0.25) is 11.8 Å². The van der Waals surface area contributed by atoms with Crippen molar-refractivity contribution >= 4 is 17.7 Å². The van der Waals surface area contributed by atoms with Crippen molar-refractivity contribution in [3.05, 3.63) is 34.6 Å². The van der Waals surface area contributed by atoms with Gasteiger partial charge in [0.05, 0.1) is 6.54 Å². The van der Waals surface area contributed by atoms with Gasteiger partial charge in [0.15, 0.2) is 0 Å². The first-order valence-corrected chi connectivity index (χ1v) is 9.46. The molecule has 0 aromatic heterocycles. The van der Waals surface area contributed by atoms with Crippen LogP contribution in [0.4, 0.5) is 4.39 Å². The molecule has 3 aliphatic heterocycles. The number of fused-ring (bicyclic) bond motifs is 1. The monoisotopic (exact) mass is 373 g/mol. The molecule has 144 valence electrons. The van der Waals surface area contributed by atoms with Gasteiger partial charge in [-0.15, -0.1) is 0 Å². The SMILES string of the molecule is CC1(C)CNCCC1c1ccc2c(c1F)CN(C1CCC(=O)NC1=O)C2=O. The first kappa shape index (κ1) is 18.1. The van der Waals surface area contributed by atoms with Crippen LogP contribution in [-0.2, 0) is 16.1 Å². The van der Waals surface area contributed by atoms with Gasteiger partial charge in [-0.25, -0.2) is 4.39 Å². The second-order valence-electron chi connectivity index (χ2n) is 8.40. The Morgan fingerprint density at radius 3 is 2.67 bits per heavy atom. The predicted molar refractivity (Wildman–Crippen MR) is 96.5 cm³/mol. The molecular formula is C20H24FN3O3. The highest BCUT2D eigenvalue weighted by Crippen LogP contribution is 2.42. The number of hydrogen-bond donors (Lipinski definition) is 2. The Morgan fingerprint density at radius 1 is 1.19 bits per heavy atom. The molecule has 2 fully saturated rings. The molecule has 2 atom stereocenters. The number of carbonyl (C=O) groups excluding carboxylic acids is 3. The summed E-state index contributed by atoms with van der Waals surface area (Å²) < 4.78 is 15.4. The highest BCUT2D eigenvalue weighted by molar-refractivity contribution is 6.05. The van der Waals surface area contributed by atoms with Crippen molar-refractivity contribution in [1.29, 1.82) is 0 Å². The number of rotatable bonds is 2. The number of benzene rings is 1. The molecule has 7 heteroatoms. The molecule has 27 heavy (non-hydrogen) atoms. The van der Waals surface area contributed by atoms with Crippen molar-refractivity contribution in [1.82, 2.24) is 15.5 Å². The second kappa shape index (κ2) is 6.41. The van der Waals surface area contributed by atoms with Crippen molar-refractivity contribution < 1.29 is 18.8 Å².